The molecule has 0 unspecified atom stereocenters. The third-order valence-electron chi connectivity index (χ3n) is 3.22. The number of aromatic carboxylic acids is 1. The number of aromatic amines is 1. The number of nitrogens with zero attached hydrogens (tertiary/aromatic N) is 3. The van der Waals surface area contributed by atoms with Crippen molar-refractivity contribution in [2.24, 2.45) is 0 Å². The maximum atomic E-state index is 12.2. The van der Waals surface area contributed by atoms with Gasteiger partial charge in [-0.15, -0.1) is 0 Å². The molecule has 2 N–H and O–H groups in total. The van der Waals surface area contributed by atoms with Gasteiger partial charge in [-0.1, -0.05) is 0 Å². The van der Waals surface area contributed by atoms with Crippen LogP contribution < -0.4 is 0 Å². The molecular weight excluding hydrogens is 248 g/mol. The number of aromatic nitrogens is 3. The summed E-state index contributed by atoms with van der Waals surface area (Å²) in [6.45, 7) is 1.36. The Morgan fingerprint density at radius 1 is 1.37 bits per heavy atom. The zero-order chi connectivity index (χ0) is 13.4. The third-order valence-corrected chi connectivity index (χ3v) is 3.22. The van der Waals surface area contributed by atoms with Crippen molar-refractivity contribution in [3.63, 3.8) is 0 Å². The molecule has 0 bridgehead atoms. The number of rotatable bonds is 2. The van der Waals surface area contributed by atoms with Crippen LogP contribution in [0, 0.1) is 0 Å². The van der Waals surface area contributed by atoms with E-state index < -0.39 is 5.97 Å². The number of carboxylic acid groups (broad SMARTS) is 1. The Balaban J connectivity index is 1.87. The van der Waals surface area contributed by atoms with Crippen LogP contribution >= 0.6 is 0 Å². The van der Waals surface area contributed by atoms with E-state index in [-0.39, 0.29) is 18.1 Å². The lowest BCUT2D eigenvalue weighted by molar-refractivity contribution is 0.0662. The van der Waals surface area contributed by atoms with E-state index in [9.17, 15) is 9.59 Å². The smallest absolute Gasteiger partial charge is 0.356 e. The Morgan fingerprint density at radius 3 is 2.89 bits per heavy atom. The second-order valence-electron chi connectivity index (χ2n) is 4.35. The number of carbonyl (C=O) groups excluding carboxylic acids is 1. The van der Waals surface area contributed by atoms with Gasteiger partial charge in [0.1, 0.15) is 5.69 Å². The van der Waals surface area contributed by atoms with E-state index in [1.807, 2.05) is 0 Å². The van der Waals surface area contributed by atoms with Crippen molar-refractivity contribution in [1.29, 1.82) is 0 Å². The molecule has 0 saturated heterocycles. The zero-order valence-corrected chi connectivity index (χ0v) is 10.0. The number of carbonyl (C=O) groups is 2. The van der Waals surface area contributed by atoms with E-state index in [1.165, 1.54) is 6.33 Å². The summed E-state index contributed by atoms with van der Waals surface area (Å²) in [5, 5.41) is 9.05. The molecule has 0 aromatic carbocycles. The molecule has 0 spiro atoms. The van der Waals surface area contributed by atoms with Crippen LogP contribution in [0.1, 0.15) is 26.7 Å². The number of imidazole rings is 1. The lowest BCUT2D eigenvalue weighted by Gasteiger charge is -2.28. The predicted octanol–water partition coefficient (Wildman–Crippen LogP) is 0.565. The molecule has 0 fully saturated rings. The fourth-order valence-corrected chi connectivity index (χ4v) is 2.24. The van der Waals surface area contributed by atoms with Gasteiger partial charge in [-0.25, -0.2) is 9.78 Å². The van der Waals surface area contributed by atoms with Gasteiger partial charge in [0.05, 0.1) is 18.6 Å². The summed E-state index contributed by atoms with van der Waals surface area (Å²) in [5.74, 6) is -1.20. The minimum atomic E-state index is -1.07. The van der Waals surface area contributed by atoms with Gasteiger partial charge < -0.3 is 19.6 Å². The molecule has 0 saturated carbocycles. The molecule has 7 heteroatoms. The zero-order valence-electron chi connectivity index (χ0n) is 10.0. The van der Waals surface area contributed by atoms with Crippen LogP contribution in [0.2, 0.25) is 0 Å². The van der Waals surface area contributed by atoms with E-state index >= 15 is 0 Å². The van der Waals surface area contributed by atoms with Crippen LogP contribution in [0.25, 0.3) is 0 Å². The average molecular weight is 260 g/mol. The summed E-state index contributed by atoms with van der Waals surface area (Å²) in [5.41, 5.74) is 1.09. The number of amides is 1. The number of hydrogen-bond acceptors (Lipinski definition) is 3. The second-order valence-corrected chi connectivity index (χ2v) is 4.35. The summed E-state index contributed by atoms with van der Waals surface area (Å²) in [6, 6.07) is 3.45. The number of carboxylic acids is 1. The minimum Gasteiger partial charge on any atom is -0.476 e. The predicted molar refractivity (Wildman–Crippen MR) is 64.7 cm³/mol. The standard InChI is InChI=1S/C12H12N4O3/c17-11(8-2-1-3-13-8)15-4-5-16-7-14-10(12(18)19)9(16)6-15/h1-3,7,13H,4-6H2,(H,18,19). The third kappa shape index (κ3) is 1.88. The van der Waals surface area contributed by atoms with Crippen LogP contribution in [0.5, 0.6) is 0 Å². The molecule has 2 aromatic heterocycles. The number of fused-ring (bicyclic) bond motifs is 1. The van der Waals surface area contributed by atoms with E-state index in [0.29, 0.717) is 24.5 Å². The second kappa shape index (κ2) is 4.27. The van der Waals surface area contributed by atoms with Gasteiger partial charge in [-0.3, -0.25) is 4.79 Å². The SMILES string of the molecule is O=C(O)c1ncn2c1CN(C(=O)c1ccc[nH]1)CC2. The van der Waals surface area contributed by atoms with Gasteiger partial charge in [-0.2, -0.15) is 0 Å². The van der Waals surface area contributed by atoms with Gasteiger partial charge >= 0.3 is 5.97 Å². The summed E-state index contributed by atoms with van der Waals surface area (Å²) in [4.78, 5) is 31.6. The van der Waals surface area contributed by atoms with E-state index in [4.69, 9.17) is 5.11 Å². The minimum absolute atomic E-state index is 0.0176. The lowest BCUT2D eigenvalue weighted by Crippen LogP contribution is -2.38. The van der Waals surface area contributed by atoms with Gasteiger partial charge in [0, 0.05) is 19.3 Å². The van der Waals surface area contributed by atoms with Crippen LogP contribution in [0.3, 0.4) is 0 Å². The monoisotopic (exact) mass is 260 g/mol. The highest BCUT2D eigenvalue weighted by Gasteiger charge is 2.27. The first kappa shape index (κ1) is 11.5. The van der Waals surface area contributed by atoms with E-state index in [1.54, 1.807) is 27.8 Å². The number of H-pyrrole nitrogens is 1. The highest BCUT2D eigenvalue weighted by molar-refractivity contribution is 5.93. The van der Waals surface area contributed by atoms with Crippen molar-refractivity contribution in [3.05, 3.63) is 41.7 Å². The number of hydrogen-bond donors (Lipinski definition) is 2. The summed E-state index contributed by atoms with van der Waals surface area (Å²) in [6.07, 6.45) is 3.19. The van der Waals surface area contributed by atoms with Gasteiger partial charge in [-0.05, 0) is 12.1 Å². The van der Waals surface area contributed by atoms with Gasteiger partial charge in [0.25, 0.3) is 5.91 Å². The van der Waals surface area contributed by atoms with Crippen LogP contribution in [0.15, 0.2) is 24.7 Å². The van der Waals surface area contributed by atoms with E-state index in [0.717, 1.165) is 0 Å². The summed E-state index contributed by atoms with van der Waals surface area (Å²) >= 11 is 0. The Labute approximate surface area is 108 Å². The van der Waals surface area contributed by atoms with E-state index in [2.05, 4.69) is 9.97 Å². The molecule has 3 rings (SSSR count). The Bertz CT molecular complexity index is 629. The van der Waals surface area contributed by atoms with Gasteiger partial charge in [0.15, 0.2) is 5.69 Å². The largest absolute Gasteiger partial charge is 0.476 e. The first-order chi connectivity index (χ1) is 9.16. The molecule has 0 atom stereocenters. The maximum absolute atomic E-state index is 12.2. The molecule has 0 radical (unpaired) electrons. The molecule has 0 aliphatic carbocycles. The van der Waals surface area contributed by atoms with Crippen molar-refractivity contribution in [3.8, 4) is 0 Å². The van der Waals surface area contributed by atoms with Crippen molar-refractivity contribution in [1.82, 2.24) is 19.4 Å². The molecule has 3 heterocycles. The number of nitrogens with one attached hydrogen (secondary N) is 1. The Morgan fingerprint density at radius 2 is 2.21 bits per heavy atom. The highest BCUT2D eigenvalue weighted by atomic mass is 16.4. The molecule has 7 nitrogen and oxygen atoms in total. The summed E-state index contributed by atoms with van der Waals surface area (Å²) in [7, 11) is 0. The molecule has 1 aliphatic heterocycles. The van der Waals surface area contributed by atoms with Crippen molar-refractivity contribution in [2.75, 3.05) is 6.54 Å². The topological polar surface area (TPSA) is 91.2 Å². The van der Waals surface area contributed by atoms with Gasteiger partial charge in [0.2, 0.25) is 0 Å². The van der Waals surface area contributed by atoms with Crippen LogP contribution in [-0.4, -0.2) is 43.0 Å². The van der Waals surface area contributed by atoms with Crippen molar-refractivity contribution in [2.45, 2.75) is 13.1 Å². The Kier molecular flexibility index (Phi) is 2.59. The maximum Gasteiger partial charge on any atom is 0.356 e. The quantitative estimate of drug-likeness (QED) is 0.825. The fraction of sp³-hybridized carbons (Fsp3) is 0.250. The van der Waals surface area contributed by atoms with Crippen molar-refractivity contribution < 1.29 is 14.7 Å². The molecule has 1 aliphatic rings. The molecule has 1 amide bonds. The Hall–Kier alpha value is -2.57. The van der Waals surface area contributed by atoms with Crippen LogP contribution in [-0.2, 0) is 13.1 Å². The van der Waals surface area contributed by atoms with Crippen LogP contribution in [0.4, 0.5) is 0 Å². The van der Waals surface area contributed by atoms with Crippen molar-refractivity contribution >= 4 is 11.9 Å². The summed E-state index contributed by atoms with van der Waals surface area (Å²) < 4.78 is 1.78. The first-order valence-corrected chi connectivity index (χ1v) is 5.87. The lowest BCUT2D eigenvalue weighted by atomic mass is 10.2. The normalized spacial score (nSPS) is 14.2. The highest BCUT2D eigenvalue weighted by Crippen LogP contribution is 2.17. The first-order valence-electron chi connectivity index (χ1n) is 5.87. The molecular formula is C12H12N4O3. The average Bonchev–Trinajstić information content (AvgIpc) is 3.06. The molecule has 19 heavy (non-hydrogen) atoms. The fourth-order valence-electron chi connectivity index (χ4n) is 2.24. The molecule has 98 valence electrons. The molecule has 2 aromatic rings.